The summed E-state index contributed by atoms with van der Waals surface area (Å²) in [5.74, 6) is 0.656. The van der Waals surface area contributed by atoms with Gasteiger partial charge in [0.05, 0.1) is 12.2 Å². The molecule has 0 aromatic heterocycles. The highest BCUT2D eigenvalue weighted by molar-refractivity contribution is 4.99. The third-order valence-electron chi connectivity index (χ3n) is 4.15. The number of rotatable bonds is 1. The third-order valence-corrected chi connectivity index (χ3v) is 4.15. The van der Waals surface area contributed by atoms with Crippen LogP contribution in [0.15, 0.2) is 0 Å². The van der Waals surface area contributed by atoms with Crippen molar-refractivity contribution < 1.29 is 4.74 Å². The van der Waals surface area contributed by atoms with Gasteiger partial charge < -0.3 is 15.0 Å². The van der Waals surface area contributed by atoms with Gasteiger partial charge >= 0.3 is 0 Å². The molecule has 0 aliphatic carbocycles. The fourth-order valence-corrected chi connectivity index (χ4v) is 3.31. The number of hydrogen-bond donors (Lipinski definition) is 1. The lowest BCUT2D eigenvalue weighted by Crippen LogP contribution is -2.60. The molecule has 16 heavy (non-hydrogen) atoms. The first-order chi connectivity index (χ1) is 7.64. The molecule has 0 amide bonds. The molecule has 2 saturated heterocycles. The van der Waals surface area contributed by atoms with E-state index in [2.05, 4.69) is 31.1 Å². The molecule has 3 heteroatoms. The van der Waals surface area contributed by atoms with E-state index >= 15 is 0 Å². The van der Waals surface area contributed by atoms with Gasteiger partial charge in [-0.2, -0.15) is 0 Å². The third kappa shape index (κ3) is 2.41. The molecule has 2 heterocycles. The minimum atomic E-state index is 0.108. The Morgan fingerprint density at radius 1 is 1.31 bits per heavy atom. The molecular weight excluding hydrogens is 200 g/mol. The second kappa shape index (κ2) is 5.03. The van der Waals surface area contributed by atoms with Crippen LogP contribution in [0.4, 0.5) is 0 Å². The summed E-state index contributed by atoms with van der Waals surface area (Å²) in [6.45, 7) is 8.90. The van der Waals surface area contributed by atoms with E-state index in [0.717, 1.165) is 13.2 Å². The Bertz CT molecular complexity index is 232. The van der Waals surface area contributed by atoms with Crippen molar-refractivity contribution in [2.45, 2.75) is 44.8 Å². The van der Waals surface area contributed by atoms with E-state index < -0.39 is 0 Å². The van der Waals surface area contributed by atoms with Crippen LogP contribution in [0.1, 0.15) is 33.1 Å². The molecular formula is C13H26N2O. The van der Waals surface area contributed by atoms with Gasteiger partial charge in [0.2, 0.25) is 0 Å². The predicted molar refractivity (Wildman–Crippen MR) is 66.7 cm³/mol. The van der Waals surface area contributed by atoms with Crippen LogP contribution >= 0.6 is 0 Å². The largest absolute Gasteiger partial charge is 0.372 e. The summed E-state index contributed by atoms with van der Waals surface area (Å²) in [6, 6.07) is 0.535. The molecule has 0 saturated carbocycles. The average molecular weight is 226 g/mol. The summed E-state index contributed by atoms with van der Waals surface area (Å²) >= 11 is 0. The average Bonchev–Trinajstić information content (AvgIpc) is 2.43. The van der Waals surface area contributed by atoms with Crippen molar-refractivity contribution in [2.75, 3.05) is 33.3 Å². The highest BCUT2D eigenvalue weighted by Gasteiger charge is 2.43. The van der Waals surface area contributed by atoms with Crippen molar-refractivity contribution in [3.8, 4) is 0 Å². The monoisotopic (exact) mass is 226 g/mol. The molecule has 2 fully saturated rings. The second-order valence-electron chi connectivity index (χ2n) is 5.75. The van der Waals surface area contributed by atoms with E-state index in [1.807, 2.05) is 0 Å². The maximum atomic E-state index is 6.22. The molecule has 2 unspecified atom stereocenters. The van der Waals surface area contributed by atoms with Gasteiger partial charge in [0, 0.05) is 19.1 Å². The SMILES string of the molecule is CC(C)C1NCCOC12CCCN(C)CC2. The van der Waals surface area contributed by atoms with Gasteiger partial charge in [0.15, 0.2) is 0 Å². The molecule has 0 radical (unpaired) electrons. The lowest BCUT2D eigenvalue weighted by atomic mass is 9.79. The Morgan fingerprint density at radius 2 is 2.12 bits per heavy atom. The minimum absolute atomic E-state index is 0.108. The Kier molecular flexibility index (Phi) is 3.88. The van der Waals surface area contributed by atoms with Crippen LogP contribution in [0, 0.1) is 5.92 Å². The fourth-order valence-electron chi connectivity index (χ4n) is 3.31. The van der Waals surface area contributed by atoms with E-state index in [1.165, 1.54) is 32.4 Å². The zero-order valence-electron chi connectivity index (χ0n) is 11.0. The number of morpholine rings is 1. The Hall–Kier alpha value is -0.120. The highest BCUT2D eigenvalue weighted by atomic mass is 16.5. The van der Waals surface area contributed by atoms with E-state index in [1.54, 1.807) is 0 Å². The normalized spacial score (nSPS) is 37.9. The fraction of sp³-hybridized carbons (Fsp3) is 1.00. The molecule has 2 aliphatic rings. The minimum Gasteiger partial charge on any atom is -0.372 e. The number of nitrogens with one attached hydrogen (secondary N) is 1. The standard InChI is InChI=1S/C13H26N2O/c1-11(2)12-13(16-10-7-14-12)5-4-8-15(3)9-6-13/h11-12,14H,4-10H2,1-3H3. The van der Waals surface area contributed by atoms with Crippen molar-refractivity contribution in [1.82, 2.24) is 10.2 Å². The van der Waals surface area contributed by atoms with Crippen molar-refractivity contribution in [2.24, 2.45) is 5.92 Å². The van der Waals surface area contributed by atoms with Gasteiger partial charge in [-0.25, -0.2) is 0 Å². The molecule has 2 atom stereocenters. The van der Waals surface area contributed by atoms with Crippen LogP contribution in [0.2, 0.25) is 0 Å². The van der Waals surface area contributed by atoms with E-state index in [4.69, 9.17) is 4.74 Å². The molecule has 94 valence electrons. The summed E-state index contributed by atoms with van der Waals surface area (Å²) in [4.78, 5) is 2.43. The molecule has 2 aliphatic heterocycles. The highest BCUT2D eigenvalue weighted by Crippen LogP contribution is 2.34. The number of ether oxygens (including phenoxy) is 1. The summed E-state index contributed by atoms with van der Waals surface area (Å²) in [6.07, 6.45) is 3.66. The van der Waals surface area contributed by atoms with Crippen molar-refractivity contribution in [1.29, 1.82) is 0 Å². The van der Waals surface area contributed by atoms with Crippen molar-refractivity contribution in [3.63, 3.8) is 0 Å². The maximum Gasteiger partial charge on any atom is 0.0850 e. The summed E-state index contributed by atoms with van der Waals surface area (Å²) < 4.78 is 6.22. The maximum absolute atomic E-state index is 6.22. The van der Waals surface area contributed by atoms with Gasteiger partial charge in [-0.1, -0.05) is 13.8 Å². The first-order valence-corrected chi connectivity index (χ1v) is 6.70. The van der Waals surface area contributed by atoms with E-state index in [0.29, 0.717) is 12.0 Å². The quantitative estimate of drug-likeness (QED) is 0.733. The Morgan fingerprint density at radius 3 is 2.88 bits per heavy atom. The topological polar surface area (TPSA) is 24.5 Å². The number of hydrogen-bond acceptors (Lipinski definition) is 3. The predicted octanol–water partition coefficient (Wildman–Crippen LogP) is 1.49. The second-order valence-corrected chi connectivity index (χ2v) is 5.75. The Labute approximate surface area is 99.5 Å². The van der Waals surface area contributed by atoms with Crippen molar-refractivity contribution in [3.05, 3.63) is 0 Å². The smallest absolute Gasteiger partial charge is 0.0850 e. The van der Waals surface area contributed by atoms with Gasteiger partial charge in [-0.15, -0.1) is 0 Å². The molecule has 0 aromatic carbocycles. The zero-order valence-corrected chi connectivity index (χ0v) is 11.0. The first-order valence-electron chi connectivity index (χ1n) is 6.70. The van der Waals surface area contributed by atoms with Gasteiger partial charge in [-0.3, -0.25) is 0 Å². The molecule has 1 N–H and O–H groups in total. The lowest BCUT2D eigenvalue weighted by Gasteiger charge is -2.46. The van der Waals surface area contributed by atoms with Crippen LogP contribution < -0.4 is 5.32 Å². The zero-order chi connectivity index (χ0) is 11.6. The molecule has 1 spiro atoms. The Balaban J connectivity index is 2.12. The number of likely N-dealkylation sites (tertiary alicyclic amines) is 1. The molecule has 2 rings (SSSR count). The number of nitrogens with zero attached hydrogens (tertiary/aromatic N) is 1. The summed E-state index contributed by atoms with van der Waals surface area (Å²) in [5, 5.41) is 3.68. The lowest BCUT2D eigenvalue weighted by molar-refractivity contribution is -0.115. The van der Waals surface area contributed by atoms with Crippen LogP contribution in [0.25, 0.3) is 0 Å². The van der Waals surface area contributed by atoms with Gasteiger partial charge in [0.25, 0.3) is 0 Å². The molecule has 0 aromatic rings. The van der Waals surface area contributed by atoms with Crippen LogP contribution in [0.5, 0.6) is 0 Å². The summed E-state index contributed by atoms with van der Waals surface area (Å²) in [5.41, 5.74) is 0.108. The molecule has 3 nitrogen and oxygen atoms in total. The van der Waals surface area contributed by atoms with Crippen LogP contribution in [-0.4, -0.2) is 49.8 Å². The van der Waals surface area contributed by atoms with Crippen LogP contribution in [-0.2, 0) is 4.74 Å². The van der Waals surface area contributed by atoms with Crippen molar-refractivity contribution >= 4 is 0 Å². The van der Waals surface area contributed by atoms with Gasteiger partial charge in [-0.05, 0) is 38.8 Å². The molecule has 0 bridgehead atoms. The first kappa shape index (κ1) is 12.3. The summed E-state index contributed by atoms with van der Waals surface area (Å²) in [7, 11) is 2.22. The van der Waals surface area contributed by atoms with Crippen LogP contribution in [0.3, 0.4) is 0 Å². The van der Waals surface area contributed by atoms with Gasteiger partial charge in [0.1, 0.15) is 0 Å². The van der Waals surface area contributed by atoms with E-state index in [-0.39, 0.29) is 5.60 Å². The van der Waals surface area contributed by atoms with E-state index in [9.17, 15) is 0 Å².